The zero-order valence-electron chi connectivity index (χ0n) is 23.9. The topological polar surface area (TPSA) is 3.24 Å². The van der Waals surface area contributed by atoms with E-state index in [9.17, 15) is 0 Å². The van der Waals surface area contributed by atoms with Crippen LogP contribution >= 0.6 is 0 Å². The molecular weight excluding hydrogens is 506 g/mol. The molecule has 42 heavy (non-hydrogen) atoms. The third kappa shape index (κ3) is 8.30. The monoisotopic (exact) mass is 541 g/mol. The average Bonchev–Trinajstić information content (AvgIpc) is 3.06. The summed E-state index contributed by atoms with van der Waals surface area (Å²) in [6.07, 6.45) is 19.0. The third-order valence-electron chi connectivity index (χ3n) is 6.87. The number of hydrogen-bond donors (Lipinski definition) is 0. The molecule has 204 valence electrons. The Labute approximate surface area is 250 Å². The molecule has 0 aliphatic rings. The smallest absolute Gasteiger partial charge is 0.0456 e. The Morgan fingerprint density at radius 3 is 1.12 bits per heavy atom. The van der Waals surface area contributed by atoms with Crippen molar-refractivity contribution < 1.29 is 0 Å². The van der Waals surface area contributed by atoms with E-state index in [1.54, 1.807) is 0 Å². The molecule has 0 fully saturated rings. The summed E-state index contributed by atoms with van der Waals surface area (Å²) in [4.78, 5) is 2.26. The second-order valence-electron chi connectivity index (χ2n) is 9.99. The van der Waals surface area contributed by atoms with Gasteiger partial charge in [-0.25, -0.2) is 0 Å². The Hall–Kier alpha value is -5.40. The summed E-state index contributed by atoms with van der Waals surface area (Å²) in [7, 11) is 0. The summed E-state index contributed by atoms with van der Waals surface area (Å²) in [6, 6.07) is 48.6. The molecule has 0 unspecified atom stereocenters. The third-order valence-corrected chi connectivity index (χ3v) is 6.87. The summed E-state index contributed by atoms with van der Waals surface area (Å²) in [5, 5.41) is 0. The Bertz CT molecular complexity index is 1570. The predicted octanol–water partition coefficient (Wildman–Crippen LogP) is 11.3. The van der Waals surface area contributed by atoms with Gasteiger partial charge in [0, 0.05) is 17.6 Å². The zero-order chi connectivity index (χ0) is 28.8. The van der Waals surface area contributed by atoms with Crippen LogP contribution in [-0.4, -0.2) is 0 Å². The van der Waals surface area contributed by atoms with Crippen LogP contribution in [-0.2, 0) is 0 Å². The van der Waals surface area contributed by atoms with Crippen molar-refractivity contribution in [3.63, 3.8) is 0 Å². The number of allylic oxidation sites excluding steroid dienone is 5. The maximum absolute atomic E-state index is 2.26. The van der Waals surface area contributed by atoms with E-state index in [0.717, 1.165) is 22.5 Å². The number of anilines is 2. The first kappa shape index (κ1) is 28.1. The van der Waals surface area contributed by atoms with Gasteiger partial charge in [0.25, 0.3) is 0 Å². The zero-order valence-corrected chi connectivity index (χ0v) is 23.9. The number of nitrogens with zero attached hydrogens (tertiary/aromatic N) is 1. The number of hydrogen-bond acceptors (Lipinski definition) is 1. The molecular formula is C41H35N. The van der Waals surface area contributed by atoms with Crippen molar-refractivity contribution in [3.8, 4) is 0 Å². The second kappa shape index (κ2) is 14.8. The van der Waals surface area contributed by atoms with E-state index in [1.165, 1.54) is 22.3 Å². The lowest BCUT2D eigenvalue weighted by atomic mass is 10.1. The largest absolute Gasteiger partial charge is 0.317 e. The minimum atomic E-state index is 1.11. The van der Waals surface area contributed by atoms with Gasteiger partial charge in [0.1, 0.15) is 0 Å². The van der Waals surface area contributed by atoms with Gasteiger partial charge in [-0.15, -0.1) is 0 Å². The molecule has 0 saturated carbocycles. The first-order valence-corrected chi connectivity index (χ1v) is 14.3. The van der Waals surface area contributed by atoms with E-state index in [0.29, 0.717) is 0 Å². The maximum atomic E-state index is 2.26. The highest BCUT2D eigenvalue weighted by molar-refractivity contribution is 5.75. The van der Waals surface area contributed by atoms with E-state index in [2.05, 4.69) is 194 Å². The first-order chi connectivity index (χ1) is 20.7. The van der Waals surface area contributed by atoms with Crippen LogP contribution in [0.4, 0.5) is 11.4 Å². The van der Waals surface area contributed by atoms with Crippen molar-refractivity contribution in [3.05, 3.63) is 198 Å². The molecule has 0 amide bonds. The fourth-order valence-electron chi connectivity index (χ4n) is 4.55. The summed E-state index contributed by atoms with van der Waals surface area (Å²) >= 11 is 0. The summed E-state index contributed by atoms with van der Waals surface area (Å²) in [5.41, 5.74) is 9.32. The Morgan fingerprint density at radius 1 is 0.405 bits per heavy atom. The van der Waals surface area contributed by atoms with Crippen LogP contribution < -0.4 is 4.90 Å². The Balaban J connectivity index is 1.34. The van der Waals surface area contributed by atoms with Crippen molar-refractivity contribution >= 4 is 41.3 Å². The lowest BCUT2D eigenvalue weighted by Crippen LogP contribution is -2.09. The van der Waals surface area contributed by atoms with E-state index in [-0.39, 0.29) is 0 Å². The van der Waals surface area contributed by atoms with Crippen molar-refractivity contribution in [1.29, 1.82) is 0 Å². The number of benzene rings is 5. The molecule has 5 rings (SSSR count). The Kier molecular flexibility index (Phi) is 9.94. The molecule has 0 atom stereocenters. The molecule has 0 bridgehead atoms. The van der Waals surface area contributed by atoms with Crippen LogP contribution in [0.2, 0.25) is 0 Å². The van der Waals surface area contributed by atoms with Crippen LogP contribution in [0.1, 0.15) is 34.7 Å². The van der Waals surface area contributed by atoms with Gasteiger partial charge in [-0.3, -0.25) is 0 Å². The van der Waals surface area contributed by atoms with Gasteiger partial charge in [-0.1, -0.05) is 164 Å². The summed E-state index contributed by atoms with van der Waals surface area (Å²) in [6.45, 7) is 2.16. The van der Waals surface area contributed by atoms with Gasteiger partial charge in [0.15, 0.2) is 0 Å². The normalized spacial score (nSPS) is 12.2. The fraction of sp³-hybridized carbons (Fsp3) is 0.0244. The first-order valence-electron chi connectivity index (χ1n) is 14.3. The van der Waals surface area contributed by atoms with E-state index < -0.39 is 0 Å². The molecule has 5 aromatic carbocycles. The summed E-state index contributed by atoms with van der Waals surface area (Å²) in [5.74, 6) is 0. The van der Waals surface area contributed by atoms with Crippen molar-refractivity contribution in [1.82, 2.24) is 0 Å². The van der Waals surface area contributed by atoms with Crippen LogP contribution in [0.5, 0.6) is 0 Å². The molecule has 0 aliphatic heterocycles. The Morgan fingerprint density at radius 2 is 0.738 bits per heavy atom. The minimum absolute atomic E-state index is 1.11. The van der Waals surface area contributed by atoms with Gasteiger partial charge < -0.3 is 4.90 Å². The lowest BCUT2D eigenvalue weighted by Gasteiger charge is -2.23. The summed E-state index contributed by atoms with van der Waals surface area (Å²) < 4.78 is 0. The molecule has 1 nitrogen and oxygen atoms in total. The molecule has 0 heterocycles. The van der Waals surface area contributed by atoms with Crippen LogP contribution in [0, 0.1) is 0 Å². The SMILES string of the molecule is C/C(=C\N(c1ccc(/C=C/C=C/c2ccccc2)cc1)c1ccc(/C=C/C=C/c2ccccc2)cc1)c1ccccc1. The van der Waals surface area contributed by atoms with Crippen LogP contribution in [0.15, 0.2) is 170 Å². The molecule has 0 aromatic heterocycles. The average molecular weight is 542 g/mol. The van der Waals surface area contributed by atoms with E-state index in [4.69, 9.17) is 0 Å². The van der Waals surface area contributed by atoms with E-state index >= 15 is 0 Å². The van der Waals surface area contributed by atoms with E-state index in [1.807, 2.05) is 12.1 Å². The highest BCUT2D eigenvalue weighted by Crippen LogP contribution is 2.29. The molecule has 0 N–H and O–H groups in total. The standard InChI is InChI=1S/C41H35N/c1-34(39-23-9-4-10-24-39)33-42(40-29-25-37(26-30-40)21-13-11-19-35-15-5-2-6-16-35)41-31-27-38(28-32-41)22-14-12-20-36-17-7-3-8-18-36/h2-33H,1H3/b19-11+,20-12+,21-13+,22-14+,34-33+. The van der Waals surface area contributed by atoms with Gasteiger partial charge in [0.2, 0.25) is 0 Å². The van der Waals surface area contributed by atoms with Crippen molar-refractivity contribution in [2.75, 3.05) is 4.90 Å². The lowest BCUT2D eigenvalue weighted by molar-refractivity contribution is 1.27. The van der Waals surface area contributed by atoms with Crippen LogP contribution in [0.3, 0.4) is 0 Å². The van der Waals surface area contributed by atoms with Gasteiger partial charge in [-0.05, 0) is 64.6 Å². The molecule has 0 spiro atoms. The minimum Gasteiger partial charge on any atom is -0.317 e. The highest BCUT2D eigenvalue weighted by Gasteiger charge is 2.08. The fourth-order valence-corrected chi connectivity index (χ4v) is 4.55. The molecule has 0 radical (unpaired) electrons. The molecule has 0 saturated heterocycles. The second-order valence-corrected chi connectivity index (χ2v) is 9.99. The van der Waals surface area contributed by atoms with Crippen molar-refractivity contribution in [2.45, 2.75) is 6.92 Å². The molecule has 5 aromatic rings. The molecule has 0 aliphatic carbocycles. The predicted molar refractivity (Wildman–Crippen MR) is 184 cm³/mol. The van der Waals surface area contributed by atoms with Gasteiger partial charge in [-0.2, -0.15) is 0 Å². The van der Waals surface area contributed by atoms with Crippen LogP contribution in [0.25, 0.3) is 29.9 Å². The molecule has 1 heteroatoms. The quantitative estimate of drug-likeness (QED) is 0.159. The van der Waals surface area contributed by atoms with Gasteiger partial charge >= 0.3 is 0 Å². The van der Waals surface area contributed by atoms with Crippen molar-refractivity contribution in [2.24, 2.45) is 0 Å². The maximum Gasteiger partial charge on any atom is 0.0456 e. The van der Waals surface area contributed by atoms with Gasteiger partial charge in [0.05, 0.1) is 0 Å². The number of rotatable bonds is 10. The highest BCUT2D eigenvalue weighted by atomic mass is 15.1.